The summed E-state index contributed by atoms with van der Waals surface area (Å²) in [5.41, 5.74) is 0. The monoisotopic (exact) mass is 224 g/mol. The molecule has 0 N–H and O–H groups in total. The van der Waals surface area contributed by atoms with Crippen molar-refractivity contribution in [1.82, 2.24) is 0 Å². The van der Waals surface area contributed by atoms with Gasteiger partial charge < -0.3 is 0 Å². The van der Waals surface area contributed by atoms with Crippen molar-refractivity contribution in [3.05, 3.63) is 30.1 Å². The van der Waals surface area contributed by atoms with Crippen LogP contribution in [-0.4, -0.2) is 20.6 Å². The van der Waals surface area contributed by atoms with Gasteiger partial charge >= 0.3 is 0 Å². The lowest BCUT2D eigenvalue weighted by atomic mass is 10.4. The van der Waals surface area contributed by atoms with Gasteiger partial charge in [0.1, 0.15) is 11.6 Å². The van der Waals surface area contributed by atoms with Crippen LogP contribution in [0.4, 0.5) is 13.2 Å². The Hall–Kier alpha value is -1.04. The third kappa shape index (κ3) is 2.73. The number of sulfone groups is 1. The molecule has 0 aliphatic carbocycles. The summed E-state index contributed by atoms with van der Waals surface area (Å²) >= 11 is 0. The average Bonchev–Trinajstić information content (AvgIpc) is 2.01. The minimum Gasteiger partial charge on any atom is -0.223 e. The standard InChI is InChI=1S/C8H7F3O2S/c9-6-2-1-3-7(4-6)14(12,13)5-8(10)11/h1-4,8H,5H2. The topological polar surface area (TPSA) is 34.1 Å². The van der Waals surface area contributed by atoms with Crippen LogP contribution in [0.1, 0.15) is 0 Å². The summed E-state index contributed by atoms with van der Waals surface area (Å²) in [4.78, 5) is -0.419. The zero-order valence-electron chi connectivity index (χ0n) is 6.95. The van der Waals surface area contributed by atoms with E-state index in [1.807, 2.05) is 0 Å². The van der Waals surface area contributed by atoms with E-state index >= 15 is 0 Å². The molecule has 0 unspecified atom stereocenters. The fourth-order valence-electron chi connectivity index (χ4n) is 0.923. The fourth-order valence-corrected chi connectivity index (χ4v) is 2.02. The summed E-state index contributed by atoms with van der Waals surface area (Å²) < 4.78 is 58.6. The van der Waals surface area contributed by atoms with E-state index in [0.717, 1.165) is 24.3 Å². The molecule has 0 aliphatic heterocycles. The van der Waals surface area contributed by atoms with E-state index < -0.39 is 32.7 Å². The van der Waals surface area contributed by atoms with Gasteiger partial charge in [0, 0.05) is 0 Å². The van der Waals surface area contributed by atoms with Gasteiger partial charge in [-0.25, -0.2) is 21.6 Å². The number of halogens is 3. The van der Waals surface area contributed by atoms with Gasteiger partial charge in [-0.2, -0.15) is 0 Å². The molecule has 1 rings (SSSR count). The molecule has 6 heteroatoms. The maximum Gasteiger partial charge on any atom is 0.252 e. The summed E-state index contributed by atoms with van der Waals surface area (Å²) in [5.74, 6) is -2.04. The van der Waals surface area contributed by atoms with Crippen molar-refractivity contribution in [2.45, 2.75) is 11.3 Å². The number of alkyl halides is 2. The first-order chi connectivity index (χ1) is 6.42. The van der Waals surface area contributed by atoms with Gasteiger partial charge in [-0.3, -0.25) is 0 Å². The van der Waals surface area contributed by atoms with Gasteiger partial charge in [0.05, 0.1) is 4.90 Å². The van der Waals surface area contributed by atoms with Crippen LogP contribution in [0.3, 0.4) is 0 Å². The van der Waals surface area contributed by atoms with Crippen LogP contribution in [0.2, 0.25) is 0 Å². The van der Waals surface area contributed by atoms with Crippen molar-refractivity contribution >= 4 is 9.84 Å². The normalized spacial score (nSPS) is 12.0. The second kappa shape index (κ2) is 4.00. The summed E-state index contributed by atoms with van der Waals surface area (Å²) in [5, 5.41) is 0. The van der Waals surface area contributed by atoms with E-state index in [2.05, 4.69) is 0 Å². The molecule has 0 atom stereocenters. The molecule has 2 nitrogen and oxygen atoms in total. The number of benzene rings is 1. The lowest BCUT2D eigenvalue weighted by Crippen LogP contribution is -2.13. The second-order valence-electron chi connectivity index (χ2n) is 2.63. The first kappa shape index (κ1) is 11.0. The largest absolute Gasteiger partial charge is 0.252 e. The zero-order chi connectivity index (χ0) is 10.8. The van der Waals surface area contributed by atoms with Gasteiger partial charge in [0.25, 0.3) is 6.43 Å². The van der Waals surface area contributed by atoms with Crippen molar-refractivity contribution in [2.24, 2.45) is 0 Å². The number of hydrogen-bond acceptors (Lipinski definition) is 2. The molecule has 0 saturated heterocycles. The van der Waals surface area contributed by atoms with E-state index in [1.54, 1.807) is 0 Å². The van der Waals surface area contributed by atoms with Gasteiger partial charge in [-0.15, -0.1) is 0 Å². The van der Waals surface area contributed by atoms with Crippen LogP contribution < -0.4 is 0 Å². The molecule has 0 amide bonds. The first-order valence-corrected chi connectivity index (χ1v) is 5.33. The Morgan fingerprint density at radius 3 is 2.43 bits per heavy atom. The Balaban J connectivity index is 3.05. The highest BCUT2D eigenvalue weighted by atomic mass is 32.2. The van der Waals surface area contributed by atoms with Crippen LogP contribution in [0.5, 0.6) is 0 Å². The van der Waals surface area contributed by atoms with Gasteiger partial charge in [-0.05, 0) is 18.2 Å². The van der Waals surface area contributed by atoms with Crippen molar-refractivity contribution < 1.29 is 21.6 Å². The van der Waals surface area contributed by atoms with Crippen molar-refractivity contribution in [2.75, 3.05) is 5.75 Å². The van der Waals surface area contributed by atoms with E-state index in [1.165, 1.54) is 0 Å². The highest BCUT2D eigenvalue weighted by Crippen LogP contribution is 2.14. The van der Waals surface area contributed by atoms with Crippen LogP contribution in [0.25, 0.3) is 0 Å². The summed E-state index contributed by atoms with van der Waals surface area (Å²) in [6.45, 7) is 0. The van der Waals surface area contributed by atoms with Crippen LogP contribution in [0, 0.1) is 5.82 Å². The molecule has 1 aromatic rings. The van der Waals surface area contributed by atoms with Crippen LogP contribution in [-0.2, 0) is 9.84 Å². The Kier molecular flexibility index (Phi) is 3.15. The van der Waals surface area contributed by atoms with E-state index in [0.29, 0.717) is 0 Å². The van der Waals surface area contributed by atoms with Gasteiger partial charge in [0.2, 0.25) is 0 Å². The molecule has 1 aromatic carbocycles. The van der Waals surface area contributed by atoms with Gasteiger partial charge in [0.15, 0.2) is 9.84 Å². The summed E-state index contributed by atoms with van der Waals surface area (Å²) in [6.07, 6.45) is -2.96. The summed E-state index contributed by atoms with van der Waals surface area (Å²) in [7, 11) is -4.07. The first-order valence-electron chi connectivity index (χ1n) is 3.68. The summed E-state index contributed by atoms with van der Waals surface area (Å²) in [6, 6.07) is 4.01. The molecule has 0 radical (unpaired) electrons. The highest BCUT2D eigenvalue weighted by molar-refractivity contribution is 7.91. The Morgan fingerprint density at radius 2 is 1.93 bits per heavy atom. The Morgan fingerprint density at radius 1 is 1.29 bits per heavy atom. The molecular weight excluding hydrogens is 217 g/mol. The third-order valence-corrected chi connectivity index (χ3v) is 3.16. The SMILES string of the molecule is O=S(=O)(CC(F)F)c1cccc(F)c1. The molecular formula is C8H7F3O2S. The molecule has 0 saturated carbocycles. The fraction of sp³-hybridized carbons (Fsp3) is 0.250. The van der Waals surface area contributed by atoms with Gasteiger partial charge in [-0.1, -0.05) is 6.07 Å². The smallest absolute Gasteiger partial charge is 0.223 e. The highest BCUT2D eigenvalue weighted by Gasteiger charge is 2.20. The Bertz CT molecular complexity index is 414. The second-order valence-corrected chi connectivity index (χ2v) is 4.66. The van der Waals surface area contributed by atoms with E-state index in [9.17, 15) is 21.6 Å². The molecule has 0 bridgehead atoms. The van der Waals surface area contributed by atoms with Crippen LogP contribution in [0.15, 0.2) is 29.2 Å². The predicted octanol–water partition coefficient (Wildman–Crippen LogP) is 1.86. The lowest BCUT2D eigenvalue weighted by molar-refractivity contribution is 0.174. The van der Waals surface area contributed by atoms with Crippen molar-refractivity contribution in [3.8, 4) is 0 Å². The molecule has 0 heterocycles. The van der Waals surface area contributed by atoms with Crippen molar-refractivity contribution in [1.29, 1.82) is 0 Å². The third-order valence-electron chi connectivity index (χ3n) is 1.50. The molecule has 0 spiro atoms. The molecule has 14 heavy (non-hydrogen) atoms. The quantitative estimate of drug-likeness (QED) is 0.785. The van der Waals surface area contributed by atoms with E-state index in [-0.39, 0.29) is 0 Å². The average molecular weight is 224 g/mol. The van der Waals surface area contributed by atoms with Crippen LogP contribution >= 0.6 is 0 Å². The predicted molar refractivity (Wildman–Crippen MR) is 44.5 cm³/mol. The lowest BCUT2D eigenvalue weighted by Gasteiger charge is -2.02. The zero-order valence-corrected chi connectivity index (χ0v) is 7.77. The maximum absolute atomic E-state index is 12.6. The van der Waals surface area contributed by atoms with E-state index in [4.69, 9.17) is 0 Å². The number of hydrogen-bond donors (Lipinski definition) is 0. The molecule has 0 aromatic heterocycles. The molecule has 0 aliphatic rings. The molecule has 0 fully saturated rings. The number of rotatable bonds is 3. The Labute approximate surface area is 79.3 Å². The maximum atomic E-state index is 12.6. The minimum atomic E-state index is -4.07. The van der Waals surface area contributed by atoms with Crippen molar-refractivity contribution in [3.63, 3.8) is 0 Å². The molecule has 78 valence electrons. The minimum absolute atomic E-state index is 0.419.